The van der Waals surface area contributed by atoms with Gasteiger partial charge in [-0.15, -0.1) is 0 Å². The highest BCUT2D eigenvalue weighted by Gasteiger charge is 2.09. The first kappa shape index (κ1) is 10.7. The van der Waals surface area contributed by atoms with E-state index in [4.69, 9.17) is 0 Å². The van der Waals surface area contributed by atoms with Gasteiger partial charge in [0.15, 0.2) is 0 Å². The van der Waals surface area contributed by atoms with Crippen LogP contribution in [0.3, 0.4) is 0 Å². The van der Waals surface area contributed by atoms with Crippen LogP contribution in [0.5, 0.6) is 0 Å². The van der Waals surface area contributed by atoms with E-state index in [0.717, 1.165) is 19.2 Å². The Morgan fingerprint density at radius 3 is 2.92 bits per heavy atom. The first-order chi connectivity index (χ1) is 6.08. The molecule has 0 amide bonds. The van der Waals surface area contributed by atoms with Crippen LogP contribution in [0.15, 0.2) is 12.2 Å². The minimum absolute atomic E-state index is 0.136. The maximum absolute atomic E-state index is 10.6. The summed E-state index contributed by atoms with van der Waals surface area (Å²) in [4.78, 5) is 0. The van der Waals surface area contributed by atoms with Gasteiger partial charge >= 0.3 is 0 Å². The number of hydrogen-bond donors (Lipinski definition) is 1. The molecule has 5 heteroatoms. The van der Waals surface area contributed by atoms with Gasteiger partial charge in [0.1, 0.15) is 0 Å². The molecule has 0 unspecified atom stereocenters. The van der Waals surface area contributed by atoms with E-state index in [2.05, 4.69) is 9.50 Å². The molecule has 1 rings (SSSR count). The molecule has 13 heavy (non-hydrogen) atoms. The summed E-state index contributed by atoms with van der Waals surface area (Å²) in [6.07, 6.45) is 7.05. The van der Waals surface area contributed by atoms with Crippen molar-refractivity contribution in [2.75, 3.05) is 19.4 Å². The van der Waals surface area contributed by atoms with Gasteiger partial charge in [0.05, 0.1) is 12.9 Å². The molecule has 4 nitrogen and oxygen atoms in total. The Morgan fingerprint density at radius 2 is 2.38 bits per heavy atom. The Kier molecular flexibility index (Phi) is 3.90. The zero-order valence-corrected chi connectivity index (χ0v) is 8.51. The lowest BCUT2D eigenvalue weighted by molar-refractivity contribution is 0.361. The molecule has 0 saturated carbocycles. The molecular formula is C8H15NO3S. The fourth-order valence-corrected chi connectivity index (χ4v) is 1.58. The molecule has 1 N–H and O–H groups in total. The summed E-state index contributed by atoms with van der Waals surface area (Å²) in [5.41, 5.74) is 0. The highest BCUT2D eigenvalue weighted by molar-refractivity contribution is 7.85. The molecule has 0 aromatic heterocycles. The second-order valence-electron chi connectivity index (χ2n) is 3.12. The van der Waals surface area contributed by atoms with Crippen LogP contribution in [0.1, 0.15) is 12.8 Å². The van der Waals surface area contributed by atoms with E-state index in [0.29, 0.717) is 6.04 Å². The zero-order valence-electron chi connectivity index (χ0n) is 7.69. The van der Waals surface area contributed by atoms with Gasteiger partial charge in [-0.3, -0.25) is 4.18 Å². The van der Waals surface area contributed by atoms with Crippen molar-refractivity contribution in [2.45, 2.75) is 18.9 Å². The van der Waals surface area contributed by atoms with Gasteiger partial charge in [-0.05, 0) is 19.4 Å². The Balaban J connectivity index is 2.18. The van der Waals surface area contributed by atoms with Gasteiger partial charge in [0.2, 0.25) is 0 Å². The summed E-state index contributed by atoms with van der Waals surface area (Å²) in [5.74, 6) is 0. The van der Waals surface area contributed by atoms with Crippen LogP contribution in [0.4, 0.5) is 0 Å². The summed E-state index contributed by atoms with van der Waals surface area (Å²) in [6.45, 7) is 1.18. The van der Waals surface area contributed by atoms with E-state index in [1.54, 1.807) is 6.08 Å². The maximum atomic E-state index is 10.6. The first-order valence-electron chi connectivity index (χ1n) is 4.32. The Bertz CT molecular complexity index is 265. The summed E-state index contributed by atoms with van der Waals surface area (Å²) in [7, 11) is -3.29. The predicted octanol–water partition coefficient (Wildman–Crippen LogP) is 0.271. The third-order valence-electron chi connectivity index (χ3n) is 1.85. The Hall–Kier alpha value is -0.390. The van der Waals surface area contributed by atoms with Crippen molar-refractivity contribution in [3.63, 3.8) is 0 Å². The molecule has 0 radical (unpaired) electrons. The molecule has 1 aliphatic rings. The van der Waals surface area contributed by atoms with Crippen LogP contribution in [-0.4, -0.2) is 33.9 Å². The first-order valence-corrected chi connectivity index (χ1v) is 6.14. The van der Waals surface area contributed by atoms with Gasteiger partial charge in [-0.1, -0.05) is 12.2 Å². The highest BCUT2D eigenvalue weighted by Crippen LogP contribution is 2.05. The fourth-order valence-electron chi connectivity index (χ4n) is 1.26. The summed E-state index contributed by atoms with van der Waals surface area (Å²) in [5, 5.41) is 3.26. The van der Waals surface area contributed by atoms with E-state index >= 15 is 0 Å². The Labute approximate surface area is 79.1 Å². The van der Waals surface area contributed by atoms with Crippen LogP contribution >= 0.6 is 0 Å². The normalized spacial score (nSPS) is 24.2. The minimum Gasteiger partial charge on any atom is -0.311 e. The summed E-state index contributed by atoms with van der Waals surface area (Å²) >= 11 is 0. The van der Waals surface area contributed by atoms with Crippen molar-refractivity contribution in [3.05, 3.63) is 12.2 Å². The fraction of sp³-hybridized carbons (Fsp3) is 0.750. The summed E-state index contributed by atoms with van der Waals surface area (Å²) in [6, 6.07) is 0.392. The quantitative estimate of drug-likeness (QED) is 0.529. The molecule has 0 aromatic carbocycles. The number of hydrogen-bond acceptors (Lipinski definition) is 4. The molecule has 1 heterocycles. The zero-order chi connectivity index (χ0) is 9.73. The maximum Gasteiger partial charge on any atom is 0.264 e. The lowest BCUT2D eigenvalue weighted by atomic mass is 10.2. The molecule has 1 atom stereocenters. The number of nitrogens with one attached hydrogen (secondary N) is 1. The van der Waals surface area contributed by atoms with Crippen molar-refractivity contribution >= 4 is 10.1 Å². The van der Waals surface area contributed by atoms with Gasteiger partial charge < -0.3 is 5.32 Å². The van der Waals surface area contributed by atoms with Crippen molar-refractivity contribution in [1.29, 1.82) is 0 Å². The smallest absolute Gasteiger partial charge is 0.264 e. The van der Waals surface area contributed by atoms with Crippen molar-refractivity contribution < 1.29 is 12.6 Å². The third-order valence-corrected chi connectivity index (χ3v) is 2.41. The third kappa shape index (κ3) is 5.02. The van der Waals surface area contributed by atoms with E-state index in [-0.39, 0.29) is 6.61 Å². The van der Waals surface area contributed by atoms with Gasteiger partial charge in [0, 0.05) is 6.04 Å². The molecule has 76 valence electrons. The van der Waals surface area contributed by atoms with Gasteiger partial charge in [-0.25, -0.2) is 0 Å². The van der Waals surface area contributed by atoms with Crippen LogP contribution in [-0.2, 0) is 14.3 Å². The van der Waals surface area contributed by atoms with E-state index in [9.17, 15) is 8.42 Å². The van der Waals surface area contributed by atoms with Crippen molar-refractivity contribution in [2.24, 2.45) is 0 Å². The molecule has 0 bridgehead atoms. The SMILES string of the molecule is CS(=O)(=O)OCC=C[C@@H]1CCCN1. The predicted molar refractivity (Wildman–Crippen MR) is 51.0 cm³/mol. The van der Waals surface area contributed by atoms with E-state index < -0.39 is 10.1 Å². The van der Waals surface area contributed by atoms with Crippen LogP contribution in [0.2, 0.25) is 0 Å². The average Bonchev–Trinajstić information content (AvgIpc) is 2.48. The molecule has 0 aromatic rings. The molecule has 0 spiro atoms. The minimum atomic E-state index is -3.29. The average molecular weight is 205 g/mol. The molecule has 1 saturated heterocycles. The van der Waals surface area contributed by atoms with Crippen LogP contribution in [0.25, 0.3) is 0 Å². The standard InChI is InChI=1S/C8H15NO3S/c1-13(10,11)12-7-3-5-8-4-2-6-9-8/h3,5,8-9H,2,4,6-7H2,1H3/t8-/m0/s1. The molecule has 1 aliphatic heterocycles. The van der Waals surface area contributed by atoms with Crippen LogP contribution < -0.4 is 5.32 Å². The van der Waals surface area contributed by atoms with E-state index in [1.807, 2.05) is 6.08 Å². The van der Waals surface area contributed by atoms with Gasteiger partial charge in [-0.2, -0.15) is 8.42 Å². The highest BCUT2D eigenvalue weighted by atomic mass is 32.2. The Morgan fingerprint density at radius 1 is 1.62 bits per heavy atom. The topological polar surface area (TPSA) is 55.4 Å². The monoisotopic (exact) mass is 205 g/mol. The largest absolute Gasteiger partial charge is 0.311 e. The van der Waals surface area contributed by atoms with Crippen molar-refractivity contribution in [3.8, 4) is 0 Å². The second-order valence-corrected chi connectivity index (χ2v) is 4.76. The lowest BCUT2D eigenvalue weighted by Gasteiger charge is -2.01. The van der Waals surface area contributed by atoms with E-state index in [1.165, 1.54) is 6.42 Å². The molecule has 1 fully saturated rings. The van der Waals surface area contributed by atoms with Crippen molar-refractivity contribution in [1.82, 2.24) is 5.32 Å². The summed E-state index contributed by atoms with van der Waals surface area (Å²) < 4.78 is 25.7. The van der Waals surface area contributed by atoms with Crippen LogP contribution in [0, 0.1) is 0 Å². The molecular weight excluding hydrogens is 190 g/mol. The van der Waals surface area contributed by atoms with Gasteiger partial charge in [0.25, 0.3) is 10.1 Å². The second kappa shape index (κ2) is 4.74. The molecule has 0 aliphatic carbocycles. The number of rotatable bonds is 4. The lowest BCUT2D eigenvalue weighted by Crippen LogP contribution is -2.18.